The van der Waals surface area contributed by atoms with Crippen molar-refractivity contribution in [3.05, 3.63) is 81.4 Å². The maximum Gasteiger partial charge on any atom is 0.255 e. The Kier molecular flexibility index (Phi) is 3.75. The standard InChI is InChI=1S/C19H17NO2S/c21-19(16-8-9-22-12-16)20-18(17-5-2-10-23-17)15-7-6-13-3-1-4-14(13)11-15/h2,5-12,18H,1,3-4H2,(H,20,21)/t18-/m0/s1. The van der Waals surface area contributed by atoms with Crippen molar-refractivity contribution in [3.8, 4) is 0 Å². The summed E-state index contributed by atoms with van der Waals surface area (Å²) in [4.78, 5) is 13.6. The van der Waals surface area contributed by atoms with Gasteiger partial charge in [-0.25, -0.2) is 0 Å². The molecule has 0 unspecified atom stereocenters. The van der Waals surface area contributed by atoms with Gasteiger partial charge in [0.1, 0.15) is 6.26 Å². The van der Waals surface area contributed by atoms with Crippen LogP contribution >= 0.6 is 11.3 Å². The van der Waals surface area contributed by atoms with E-state index in [1.807, 2.05) is 11.4 Å². The molecular formula is C19H17NO2S. The van der Waals surface area contributed by atoms with E-state index in [0.29, 0.717) is 5.56 Å². The third-order valence-electron chi connectivity index (χ3n) is 4.34. The molecule has 1 N–H and O–H groups in total. The summed E-state index contributed by atoms with van der Waals surface area (Å²) in [5.74, 6) is -0.113. The topological polar surface area (TPSA) is 42.2 Å². The lowest BCUT2D eigenvalue weighted by Crippen LogP contribution is -2.28. The SMILES string of the molecule is O=C(N[C@@H](c1ccc2c(c1)CCC2)c1cccs1)c1ccoc1. The fourth-order valence-electron chi connectivity index (χ4n) is 3.15. The number of aryl methyl sites for hydroxylation is 2. The van der Waals surface area contributed by atoms with Crippen molar-refractivity contribution in [1.29, 1.82) is 0 Å². The molecule has 1 aliphatic rings. The van der Waals surface area contributed by atoms with Gasteiger partial charge in [0.15, 0.2) is 0 Å². The van der Waals surface area contributed by atoms with Gasteiger partial charge in [-0.05, 0) is 53.5 Å². The van der Waals surface area contributed by atoms with E-state index in [-0.39, 0.29) is 11.9 Å². The molecule has 2 heterocycles. The van der Waals surface area contributed by atoms with Crippen LogP contribution in [0.3, 0.4) is 0 Å². The molecule has 1 aromatic carbocycles. The van der Waals surface area contributed by atoms with Crippen molar-refractivity contribution in [1.82, 2.24) is 5.32 Å². The van der Waals surface area contributed by atoms with Crippen molar-refractivity contribution in [2.24, 2.45) is 0 Å². The minimum Gasteiger partial charge on any atom is -0.472 e. The number of fused-ring (bicyclic) bond motifs is 1. The molecule has 4 rings (SSSR count). The summed E-state index contributed by atoms with van der Waals surface area (Å²) < 4.78 is 5.02. The molecular weight excluding hydrogens is 306 g/mol. The van der Waals surface area contributed by atoms with Crippen molar-refractivity contribution in [2.45, 2.75) is 25.3 Å². The van der Waals surface area contributed by atoms with Gasteiger partial charge in [0.05, 0.1) is 17.9 Å². The van der Waals surface area contributed by atoms with Gasteiger partial charge in [-0.2, -0.15) is 0 Å². The maximum atomic E-state index is 12.5. The fraction of sp³-hybridized carbons (Fsp3) is 0.211. The third kappa shape index (κ3) is 2.82. The molecule has 2 aromatic heterocycles. The molecule has 1 aliphatic carbocycles. The van der Waals surface area contributed by atoms with Gasteiger partial charge < -0.3 is 9.73 Å². The van der Waals surface area contributed by atoms with Crippen LogP contribution < -0.4 is 5.32 Å². The number of furan rings is 1. The zero-order valence-corrected chi connectivity index (χ0v) is 13.4. The van der Waals surface area contributed by atoms with Crippen molar-refractivity contribution in [2.75, 3.05) is 0 Å². The highest BCUT2D eigenvalue weighted by Gasteiger charge is 2.21. The van der Waals surface area contributed by atoms with Crippen LogP contribution in [-0.2, 0) is 12.8 Å². The highest BCUT2D eigenvalue weighted by Crippen LogP contribution is 2.30. The first-order chi connectivity index (χ1) is 11.3. The maximum absolute atomic E-state index is 12.5. The summed E-state index contributed by atoms with van der Waals surface area (Å²) in [6, 6.07) is 12.3. The van der Waals surface area contributed by atoms with Gasteiger partial charge >= 0.3 is 0 Å². The van der Waals surface area contributed by atoms with Crippen LogP contribution in [0.25, 0.3) is 0 Å². The Morgan fingerprint density at radius 3 is 2.87 bits per heavy atom. The molecule has 0 bridgehead atoms. The average Bonchev–Trinajstić information content (AvgIpc) is 3.34. The summed E-state index contributed by atoms with van der Waals surface area (Å²) in [6.07, 6.45) is 6.52. The van der Waals surface area contributed by atoms with Crippen molar-refractivity contribution in [3.63, 3.8) is 0 Å². The molecule has 0 fully saturated rings. The van der Waals surface area contributed by atoms with E-state index < -0.39 is 0 Å². The molecule has 1 amide bonds. The van der Waals surface area contributed by atoms with Gasteiger partial charge in [-0.15, -0.1) is 11.3 Å². The summed E-state index contributed by atoms with van der Waals surface area (Å²) in [6.45, 7) is 0. The Hall–Kier alpha value is -2.33. The van der Waals surface area contributed by atoms with E-state index in [0.717, 1.165) is 16.9 Å². The lowest BCUT2D eigenvalue weighted by Gasteiger charge is -2.19. The lowest BCUT2D eigenvalue weighted by atomic mass is 9.99. The lowest BCUT2D eigenvalue weighted by molar-refractivity contribution is 0.0943. The van der Waals surface area contributed by atoms with E-state index in [1.54, 1.807) is 17.4 Å². The number of benzene rings is 1. The smallest absolute Gasteiger partial charge is 0.255 e. The Morgan fingerprint density at radius 2 is 2.09 bits per heavy atom. The van der Waals surface area contributed by atoms with Gasteiger partial charge in [0, 0.05) is 4.88 Å². The Labute approximate surface area is 139 Å². The second-order valence-electron chi connectivity index (χ2n) is 5.82. The number of hydrogen-bond donors (Lipinski definition) is 1. The predicted octanol–water partition coefficient (Wildman–Crippen LogP) is 4.35. The van der Waals surface area contributed by atoms with E-state index in [9.17, 15) is 4.79 Å². The zero-order chi connectivity index (χ0) is 15.6. The van der Waals surface area contributed by atoms with E-state index in [4.69, 9.17) is 4.42 Å². The van der Waals surface area contributed by atoms with Gasteiger partial charge in [-0.3, -0.25) is 4.79 Å². The van der Waals surface area contributed by atoms with Gasteiger partial charge in [0.25, 0.3) is 5.91 Å². The predicted molar refractivity (Wildman–Crippen MR) is 90.8 cm³/mol. The second kappa shape index (κ2) is 6.05. The summed E-state index contributed by atoms with van der Waals surface area (Å²) in [5, 5.41) is 5.18. The summed E-state index contributed by atoms with van der Waals surface area (Å²) in [5.41, 5.74) is 4.55. The number of amides is 1. The molecule has 23 heavy (non-hydrogen) atoms. The average molecular weight is 323 g/mol. The Balaban J connectivity index is 1.67. The highest BCUT2D eigenvalue weighted by molar-refractivity contribution is 7.10. The summed E-state index contributed by atoms with van der Waals surface area (Å²) >= 11 is 1.66. The molecule has 0 spiro atoms. The van der Waals surface area contributed by atoms with Crippen molar-refractivity contribution < 1.29 is 9.21 Å². The molecule has 3 aromatic rings. The van der Waals surface area contributed by atoms with Crippen LogP contribution in [0.4, 0.5) is 0 Å². The number of rotatable bonds is 4. The molecule has 3 nitrogen and oxygen atoms in total. The first-order valence-corrected chi connectivity index (χ1v) is 8.67. The van der Waals surface area contributed by atoms with Crippen LogP contribution in [0, 0.1) is 0 Å². The molecule has 116 valence electrons. The van der Waals surface area contributed by atoms with Crippen LogP contribution in [0.2, 0.25) is 0 Å². The van der Waals surface area contributed by atoms with Crippen LogP contribution in [0.1, 0.15) is 44.4 Å². The second-order valence-corrected chi connectivity index (χ2v) is 6.79. The third-order valence-corrected chi connectivity index (χ3v) is 5.28. The molecule has 0 saturated heterocycles. The van der Waals surface area contributed by atoms with E-state index >= 15 is 0 Å². The van der Waals surface area contributed by atoms with Crippen LogP contribution in [0.15, 0.2) is 58.7 Å². The number of carbonyl (C=O) groups is 1. The molecule has 0 aliphatic heterocycles. The van der Waals surface area contributed by atoms with Crippen molar-refractivity contribution >= 4 is 17.2 Å². The molecule has 1 atom stereocenters. The Bertz CT molecular complexity index is 806. The minimum atomic E-state index is -0.122. The number of hydrogen-bond acceptors (Lipinski definition) is 3. The van der Waals surface area contributed by atoms with Crippen LogP contribution in [-0.4, -0.2) is 5.91 Å². The first kappa shape index (κ1) is 14.3. The van der Waals surface area contributed by atoms with Crippen LogP contribution in [0.5, 0.6) is 0 Å². The monoisotopic (exact) mass is 323 g/mol. The normalized spacial score (nSPS) is 14.4. The fourth-order valence-corrected chi connectivity index (χ4v) is 3.96. The molecule has 0 saturated carbocycles. The molecule has 4 heteroatoms. The van der Waals surface area contributed by atoms with E-state index in [2.05, 4.69) is 29.6 Å². The first-order valence-electron chi connectivity index (χ1n) is 7.79. The Morgan fingerprint density at radius 1 is 1.17 bits per heavy atom. The minimum absolute atomic E-state index is 0.113. The van der Waals surface area contributed by atoms with Gasteiger partial charge in [-0.1, -0.05) is 24.3 Å². The highest BCUT2D eigenvalue weighted by atomic mass is 32.1. The largest absolute Gasteiger partial charge is 0.472 e. The number of carbonyl (C=O) groups excluding carboxylic acids is 1. The number of thiophene rings is 1. The summed E-state index contributed by atoms with van der Waals surface area (Å²) in [7, 11) is 0. The van der Waals surface area contributed by atoms with E-state index in [1.165, 1.54) is 36.5 Å². The molecule has 0 radical (unpaired) electrons. The number of nitrogens with one attached hydrogen (secondary N) is 1. The van der Waals surface area contributed by atoms with Gasteiger partial charge in [0.2, 0.25) is 0 Å². The quantitative estimate of drug-likeness (QED) is 0.775. The zero-order valence-electron chi connectivity index (χ0n) is 12.6.